The Hall–Kier alpha value is -2.21. The van der Waals surface area contributed by atoms with Gasteiger partial charge in [-0.2, -0.15) is 0 Å². The highest BCUT2D eigenvalue weighted by atomic mass is 79.9. The summed E-state index contributed by atoms with van der Waals surface area (Å²) in [7, 11) is 1.67. The van der Waals surface area contributed by atoms with Crippen LogP contribution in [0.1, 0.15) is 10.4 Å². The van der Waals surface area contributed by atoms with Gasteiger partial charge < -0.3 is 20.3 Å². The monoisotopic (exact) mass is 389 g/mol. The van der Waals surface area contributed by atoms with Crippen molar-refractivity contribution in [2.45, 2.75) is 0 Å². The van der Waals surface area contributed by atoms with Gasteiger partial charge in [0.25, 0.3) is 5.91 Å². The van der Waals surface area contributed by atoms with Gasteiger partial charge in [-0.05, 0) is 30.3 Å². The molecule has 24 heavy (non-hydrogen) atoms. The first-order valence-corrected chi connectivity index (χ1v) is 8.61. The van der Waals surface area contributed by atoms with Crippen LogP contribution in [-0.4, -0.2) is 44.1 Å². The van der Waals surface area contributed by atoms with Crippen molar-refractivity contribution in [3.8, 4) is 5.75 Å². The SMILES string of the molecule is COc1cccc(N2CCN(C(=O)c3ccc(Br)cc3N)CC2)c1. The fraction of sp³-hybridized carbons (Fsp3) is 0.278. The van der Waals surface area contributed by atoms with E-state index in [1.807, 2.05) is 29.2 Å². The molecule has 1 amide bonds. The van der Waals surface area contributed by atoms with Crippen LogP contribution in [0.25, 0.3) is 0 Å². The Morgan fingerprint density at radius 2 is 1.88 bits per heavy atom. The molecule has 3 rings (SSSR count). The Morgan fingerprint density at radius 3 is 2.54 bits per heavy atom. The van der Waals surface area contributed by atoms with Crippen molar-refractivity contribution >= 4 is 33.2 Å². The zero-order valence-electron chi connectivity index (χ0n) is 13.5. The van der Waals surface area contributed by atoms with E-state index in [0.29, 0.717) is 24.3 Å². The van der Waals surface area contributed by atoms with E-state index in [9.17, 15) is 4.79 Å². The van der Waals surface area contributed by atoms with E-state index < -0.39 is 0 Å². The lowest BCUT2D eigenvalue weighted by Crippen LogP contribution is -2.48. The lowest BCUT2D eigenvalue weighted by Gasteiger charge is -2.36. The Bertz CT molecular complexity index is 743. The molecule has 0 aliphatic carbocycles. The summed E-state index contributed by atoms with van der Waals surface area (Å²) in [5.41, 5.74) is 8.16. The molecule has 2 N–H and O–H groups in total. The Morgan fingerprint density at radius 1 is 1.12 bits per heavy atom. The zero-order chi connectivity index (χ0) is 17.1. The fourth-order valence-corrected chi connectivity index (χ4v) is 3.25. The van der Waals surface area contributed by atoms with Gasteiger partial charge in [0.1, 0.15) is 5.75 Å². The molecular weight excluding hydrogens is 370 g/mol. The van der Waals surface area contributed by atoms with Crippen LogP contribution in [0.5, 0.6) is 5.75 Å². The molecule has 0 aromatic heterocycles. The van der Waals surface area contributed by atoms with E-state index in [4.69, 9.17) is 10.5 Å². The summed E-state index contributed by atoms with van der Waals surface area (Å²) in [5.74, 6) is 0.832. The minimum atomic E-state index is -0.00899. The standard InChI is InChI=1S/C18H20BrN3O2/c1-24-15-4-2-3-14(12-15)21-7-9-22(10-8-21)18(23)16-6-5-13(19)11-17(16)20/h2-6,11-12H,7-10,20H2,1H3. The van der Waals surface area contributed by atoms with Crippen LogP contribution in [0.3, 0.4) is 0 Å². The molecular formula is C18H20BrN3O2. The summed E-state index contributed by atoms with van der Waals surface area (Å²) in [6, 6.07) is 13.4. The maximum Gasteiger partial charge on any atom is 0.256 e. The van der Waals surface area contributed by atoms with Gasteiger partial charge in [0.2, 0.25) is 0 Å². The van der Waals surface area contributed by atoms with Gasteiger partial charge in [0, 0.05) is 48.1 Å². The highest BCUT2D eigenvalue weighted by Gasteiger charge is 2.23. The summed E-state index contributed by atoms with van der Waals surface area (Å²) in [4.78, 5) is 16.8. The van der Waals surface area contributed by atoms with Crippen LogP contribution in [0.2, 0.25) is 0 Å². The van der Waals surface area contributed by atoms with Crippen molar-refractivity contribution in [2.24, 2.45) is 0 Å². The molecule has 1 heterocycles. The summed E-state index contributed by atoms with van der Waals surface area (Å²) in [5, 5.41) is 0. The molecule has 1 saturated heterocycles. The van der Waals surface area contributed by atoms with E-state index in [1.165, 1.54) is 0 Å². The number of nitrogens with zero attached hydrogens (tertiary/aromatic N) is 2. The Labute approximate surface area is 150 Å². The van der Waals surface area contributed by atoms with Crippen LogP contribution in [-0.2, 0) is 0 Å². The van der Waals surface area contributed by atoms with Gasteiger partial charge in [-0.25, -0.2) is 0 Å². The molecule has 6 heteroatoms. The second kappa shape index (κ2) is 7.13. The quantitative estimate of drug-likeness (QED) is 0.819. The van der Waals surface area contributed by atoms with Crippen molar-refractivity contribution < 1.29 is 9.53 Å². The van der Waals surface area contributed by atoms with Crippen LogP contribution in [0.4, 0.5) is 11.4 Å². The van der Waals surface area contributed by atoms with Gasteiger partial charge in [-0.15, -0.1) is 0 Å². The predicted molar refractivity (Wildman–Crippen MR) is 99.7 cm³/mol. The summed E-state index contributed by atoms with van der Waals surface area (Å²) < 4.78 is 6.15. The number of ether oxygens (including phenoxy) is 1. The molecule has 0 atom stereocenters. The first kappa shape index (κ1) is 16.6. The molecule has 126 valence electrons. The van der Waals surface area contributed by atoms with E-state index in [0.717, 1.165) is 29.0 Å². The number of halogens is 1. The van der Waals surface area contributed by atoms with Crippen LogP contribution in [0, 0.1) is 0 Å². The second-order valence-corrected chi connectivity index (χ2v) is 6.63. The first-order chi connectivity index (χ1) is 11.6. The third kappa shape index (κ3) is 3.48. The molecule has 0 unspecified atom stereocenters. The van der Waals surface area contributed by atoms with E-state index in [-0.39, 0.29) is 5.91 Å². The molecule has 5 nitrogen and oxygen atoms in total. The number of piperazine rings is 1. The van der Waals surface area contributed by atoms with Gasteiger partial charge in [-0.3, -0.25) is 4.79 Å². The third-order valence-electron chi connectivity index (χ3n) is 4.23. The zero-order valence-corrected chi connectivity index (χ0v) is 15.1. The Kier molecular flexibility index (Phi) is 4.94. The lowest BCUT2D eigenvalue weighted by atomic mass is 10.1. The van der Waals surface area contributed by atoms with E-state index in [1.54, 1.807) is 19.2 Å². The maximum absolute atomic E-state index is 12.7. The molecule has 1 aliphatic rings. The number of carbonyl (C=O) groups is 1. The molecule has 1 fully saturated rings. The summed E-state index contributed by atoms with van der Waals surface area (Å²) in [6.45, 7) is 2.92. The largest absolute Gasteiger partial charge is 0.497 e. The number of methoxy groups -OCH3 is 1. The van der Waals surface area contributed by atoms with E-state index >= 15 is 0 Å². The molecule has 1 aliphatic heterocycles. The first-order valence-electron chi connectivity index (χ1n) is 7.82. The molecule has 0 bridgehead atoms. The predicted octanol–water partition coefficient (Wildman–Crippen LogP) is 3.00. The van der Waals surface area contributed by atoms with Crippen molar-refractivity contribution in [1.29, 1.82) is 0 Å². The average Bonchev–Trinajstić information content (AvgIpc) is 2.61. The number of nitrogens with two attached hydrogens (primary N) is 1. The molecule has 2 aromatic rings. The van der Waals surface area contributed by atoms with Gasteiger partial charge in [0.05, 0.1) is 12.7 Å². The van der Waals surface area contributed by atoms with Crippen molar-refractivity contribution in [2.75, 3.05) is 43.9 Å². The van der Waals surface area contributed by atoms with Crippen molar-refractivity contribution in [3.05, 3.63) is 52.5 Å². The third-order valence-corrected chi connectivity index (χ3v) is 4.72. The number of hydrogen-bond donors (Lipinski definition) is 1. The van der Waals surface area contributed by atoms with Gasteiger partial charge in [0.15, 0.2) is 0 Å². The minimum Gasteiger partial charge on any atom is -0.497 e. The smallest absolute Gasteiger partial charge is 0.256 e. The van der Waals surface area contributed by atoms with Crippen molar-refractivity contribution in [1.82, 2.24) is 4.90 Å². The van der Waals surface area contributed by atoms with Crippen LogP contribution >= 0.6 is 15.9 Å². The highest BCUT2D eigenvalue weighted by Crippen LogP contribution is 2.24. The molecule has 2 aromatic carbocycles. The van der Waals surface area contributed by atoms with Crippen LogP contribution < -0.4 is 15.4 Å². The number of nitrogen functional groups attached to an aromatic ring is 1. The van der Waals surface area contributed by atoms with Gasteiger partial charge >= 0.3 is 0 Å². The van der Waals surface area contributed by atoms with Gasteiger partial charge in [-0.1, -0.05) is 22.0 Å². The minimum absolute atomic E-state index is 0.00899. The number of rotatable bonds is 3. The number of anilines is 2. The lowest BCUT2D eigenvalue weighted by molar-refractivity contribution is 0.0748. The topological polar surface area (TPSA) is 58.8 Å². The maximum atomic E-state index is 12.7. The summed E-state index contributed by atoms with van der Waals surface area (Å²) in [6.07, 6.45) is 0. The Balaban J connectivity index is 1.67. The molecule has 0 spiro atoms. The second-order valence-electron chi connectivity index (χ2n) is 5.71. The van der Waals surface area contributed by atoms with Crippen molar-refractivity contribution in [3.63, 3.8) is 0 Å². The van der Waals surface area contributed by atoms with Crippen LogP contribution in [0.15, 0.2) is 46.9 Å². The van der Waals surface area contributed by atoms with E-state index in [2.05, 4.69) is 26.9 Å². The number of carbonyl (C=O) groups excluding carboxylic acids is 1. The molecule has 0 saturated carbocycles. The number of hydrogen-bond acceptors (Lipinski definition) is 4. The average molecular weight is 390 g/mol. The highest BCUT2D eigenvalue weighted by molar-refractivity contribution is 9.10. The fourth-order valence-electron chi connectivity index (χ4n) is 2.87. The summed E-state index contributed by atoms with van der Waals surface area (Å²) >= 11 is 3.37. The number of benzene rings is 2. The molecule has 0 radical (unpaired) electrons. The number of amides is 1. The normalized spacial score (nSPS) is 14.6.